The molecule has 8 heteroatoms. The van der Waals surface area contributed by atoms with Gasteiger partial charge in [-0.05, 0) is 61.9 Å². The predicted molar refractivity (Wildman–Crippen MR) is 111 cm³/mol. The number of fused-ring (bicyclic) bond motifs is 1. The molecule has 0 saturated heterocycles. The smallest absolute Gasteiger partial charge is 0.278 e. The van der Waals surface area contributed by atoms with Crippen LogP contribution in [0.25, 0.3) is 23.0 Å². The van der Waals surface area contributed by atoms with Gasteiger partial charge in [0, 0.05) is 5.56 Å². The maximum Gasteiger partial charge on any atom is 0.278 e. The minimum atomic E-state index is -0.268. The molecular weight excluding hydrogens is 399 g/mol. The quantitative estimate of drug-likeness (QED) is 0.462. The van der Waals surface area contributed by atoms with E-state index in [0.29, 0.717) is 30.6 Å². The second kappa shape index (κ2) is 7.96. The number of benzene rings is 2. The second-order valence-corrected chi connectivity index (χ2v) is 7.67. The molecule has 0 saturated carbocycles. The Kier molecular flexibility index (Phi) is 4.99. The van der Waals surface area contributed by atoms with Gasteiger partial charge in [0.1, 0.15) is 17.7 Å². The first kappa shape index (κ1) is 19.4. The van der Waals surface area contributed by atoms with Crippen molar-refractivity contribution in [3.05, 3.63) is 71.7 Å². The zero-order chi connectivity index (χ0) is 21.4. The normalized spacial score (nSPS) is 15.8. The molecule has 3 heterocycles. The standard InChI is InChI=1S/C23H21FN4O3/c1-14(2)30-19-9-5-16(6-10-19)22-25-23(31-27-22)20-11-18-13-29-21(12-28(18)26-20)15-3-7-17(24)8-4-15/h3-11,14,21H,12-13H2,1-2H3. The lowest BCUT2D eigenvalue weighted by atomic mass is 10.1. The van der Waals surface area contributed by atoms with Crippen molar-refractivity contribution >= 4 is 0 Å². The summed E-state index contributed by atoms with van der Waals surface area (Å²) in [4.78, 5) is 4.49. The van der Waals surface area contributed by atoms with Crippen LogP contribution in [-0.2, 0) is 17.9 Å². The monoisotopic (exact) mass is 420 g/mol. The first-order valence-corrected chi connectivity index (χ1v) is 10.1. The Bertz CT molecular complexity index is 1180. The van der Waals surface area contributed by atoms with Gasteiger partial charge in [0.15, 0.2) is 5.69 Å². The third-order valence-electron chi connectivity index (χ3n) is 5.01. The van der Waals surface area contributed by atoms with E-state index in [1.54, 1.807) is 12.1 Å². The number of rotatable bonds is 5. The fourth-order valence-corrected chi connectivity index (χ4v) is 3.51. The average Bonchev–Trinajstić information content (AvgIpc) is 3.41. The van der Waals surface area contributed by atoms with Gasteiger partial charge in [-0.3, -0.25) is 4.68 Å². The molecule has 1 unspecified atom stereocenters. The number of hydrogen-bond acceptors (Lipinski definition) is 6. The lowest BCUT2D eigenvalue weighted by molar-refractivity contribution is -0.00116. The molecule has 0 radical (unpaired) electrons. The van der Waals surface area contributed by atoms with E-state index in [2.05, 4.69) is 15.2 Å². The van der Waals surface area contributed by atoms with E-state index in [0.717, 1.165) is 22.6 Å². The van der Waals surface area contributed by atoms with Crippen molar-refractivity contribution in [2.45, 2.75) is 39.2 Å². The highest BCUT2D eigenvalue weighted by molar-refractivity contribution is 5.59. The zero-order valence-electron chi connectivity index (χ0n) is 17.2. The van der Waals surface area contributed by atoms with Crippen LogP contribution in [0.5, 0.6) is 5.75 Å². The van der Waals surface area contributed by atoms with Crippen LogP contribution in [0.3, 0.4) is 0 Å². The van der Waals surface area contributed by atoms with Crippen LogP contribution in [0.4, 0.5) is 4.39 Å². The molecule has 1 aliphatic rings. The van der Waals surface area contributed by atoms with Gasteiger partial charge in [0.2, 0.25) is 5.82 Å². The molecule has 4 aromatic rings. The first-order chi connectivity index (χ1) is 15.0. The summed E-state index contributed by atoms with van der Waals surface area (Å²) in [5.74, 6) is 1.35. The molecule has 2 aromatic heterocycles. The molecule has 1 atom stereocenters. The molecule has 2 aromatic carbocycles. The maximum atomic E-state index is 13.2. The van der Waals surface area contributed by atoms with Crippen LogP contribution >= 0.6 is 0 Å². The molecule has 0 aliphatic carbocycles. The van der Waals surface area contributed by atoms with Gasteiger partial charge in [-0.15, -0.1) is 0 Å². The van der Waals surface area contributed by atoms with Crippen molar-refractivity contribution in [1.29, 1.82) is 0 Å². The third kappa shape index (κ3) is 4.06. The highest BCUT2D eigenvalue weighted by Gasteiger charge is 2.24. The number of aromatic nitrogens is 4. The van der Waals surface area contributed by atoms with E-state index in [9.17, 15) is 4.39 Å². The van der Waals surface area contributed by atoms with Crippen LogP contribution in [0.15, 0.2) is 59.1 Å². The number of halogens is 1. The Morgan fingerprint density at radius 3 is 2.61 bits per heavy atom. The molecule has 158 valence electrons. The summed E-state index contributed by atoms with van der Waals surface area (Å²) in [5, 5.41) is 8.70. The molecule has 31 heavy (non-hydrogen) atoms. The SMILES string of the molecule is CC(C)Oc1ccc(-c2noc(-c3cc4n(n3)CC(c3ccc(F)cc3)OC4)n2)cc1. The summed E-state index contributed by atoms with van der Waals surface area (Å²) in [5.41, 5.74) is 3.25. The molecule has 0 N–H and O–H groups in total. The van der Waals surface area contributed by atoms with E-state index in [1.807, 2.05) is 48.9 Å². The Balaban J connectivity index is 1.34. The molecular formula is C23H21FN4O3. The van der Waals surface area contributed by atoms with E-state index in [4.69, 9.17) is 14.0 Å². The van der Waals surface area contributed by atoms with Gasteiger partial charge in [0.25, 0.3) is 5.89 Å². The Labute approximate surface area is 178 Å². The van der Waals surface area contributed by atoms with Crippen LogP contribution in [0.1, 0.15) is 31.2 Å². The molecule has 5 rings (SSSR count). The van der Waals surface area contributed by atoms with Crippen molar-refractivity contribution in [3.63, 3.8) is 0 Å². The van der Waals surface area contributed by atoms with Gasteiger partial charge in [-0.2, -0.15) is 10.1 Å². The van der Waals surface area contributed by atoms with Gasteiger partial charge >= 0.3 is 0 Å². The Morgan fingerprint density at radius 1 is 1.10 bits per heavy atom. The molecule has 0 bridgehead atoms. The topological polar surface area (TPSA) is 75.2 Å². The van der Waals surface area contributed by atoms with Crippen molar-refractivity contribution in [2.24, 2.45) is 0 Å². The second-order valence-electron chi connectivity index (χ2n) is 7.67. The van der Waals surface area contributed by atoms with Crippen LogP contribution < -0.4 is 4.74 Å². The molecule has 7 nitrogen and oxygen atoms in total. The Morgan fingerprint density at radius 2 is 1.87 bits per heavy atom. The number of nitrogens with zero attached hydrogens (tertiary/aromatic N) is 4. The maximum absolute atomic E-state index is 13.2. The van der Waals surface area contributed by atoms with E-state index < -0.39 is 0 Å². The first-order valence-electron chi connectivity index (χ1n) is 10.1. The van der Waals surface area contributed by atoms with Crippen LogP contribution in [0, 0.1) is 5.82 Å². The van der Waals surface area contributed by atoms with Gasteiger partial charge in [0.05, 0.1) is 24.9 Å². The van der Waals surface area contributed by atoms with Crippen molar-refractivity contribution < 1.29 is 18.4 Å². The summed E-state index contributed by atoms with van der Waals surface area (Å²) < 4.78 is 32.1. The summed E-state index contributed by atoms with van der Waals surface area (Å²) >= 11 is 0. The highest BCUT2D eigenvalue weighted by Crippen LogP contribution is 2.29. The summed E-state index contributed by atoms with van der Waals surface area (Å²) in [7, 11) is 0. The molecule has 0 fully saturated rings. The van der Waals surface area contributed by atoms with Crippen LogP contribution in [0.2, 0.25) is 0 Å². The lowest BCUT2D eigenvalue weighted by Crippen LogP contribution is -2.21. The average molecular weight is 420 g/mol. The lowest BCUT2D eigenvalue weighted by Gasteiger charge is -2.24. The van der Waals surface area contributed by atoms with Gasteiger partial charge < -0.3 is 14.0 Å². The van der Waals surface area contributed by atoms with Crippen molar-refractivity contribution in [3.8, 4) is 28.7 Å². The van der Waals surface area contributed by atoms with Gasteiger partial charge in [-0.25, -0.2) is 4.39 Å². The van der Waals surface area contributed by atoms with E-state index in [-0.39, 0.29) is 18.0 Å². The third-order valence-corrected chi connectivity index (χ3v) is 5.01. The Hall–Kier alpha value is -3.52. The minimum Gasteiger partial charge on any atom is -0.491 e. The van der Waals surface area contributed by atoms with Crippen molar-refractivity contribution in [2.75, 3.05) is 0 Å². The van der Waals surface area contributed by atoms with Crippen LogP contribution in [-0.4, -0.2) is 26.0 Å². The minimum absolute atomic E-state index is 0.112. The van der Waals surface area contributed by atoms with Crippen molar-refractivity contribution in [1.82, 2.24) is 19.9 Å². The van der Waals surface area contributed by atoms with E-state index >= 15 is 0 Å². The van der Waals surface area contributed by atoms with E-state index in [1.165, 1.54) is 12.1 Å². The highest BCUT2D eigenvalue weighted by atomic mass is 19.1. The number of ether oxygens (including phenoxy) is 2. The summed E-state index contributed by atoms with van der Waals surface area (Å²) in [6, 6.07) is 15.8. The fourth-order valence-electron chi connectivity index (χ4n) is 3.51. The summed E-state index contributed by atoms with van der Waals surface area (Å²) in [6.07, 6.45) is -0.0770. The molecule has 0 spiro atoms. The summed E-state index contributed by atoms with van der Waals surface area (Å²) in [6.45, 7) is 4.89. The molecule has 1 aliphatic heterocycles. The largest absolute Gasteiger partial charge is 0.491 e. The number of hydrogen-bond donors (Lipinski definition) is 0. The van der Waals surface area contributed by atoms with Gasteiger partial charge in [-0.1, -0.05) is 17.3 Å². The fraction of sp³-hybridized carbons (Fsp3) is 0.261. The molecule has 0 amide bonds. The zero-order valence-corrected chi connectivity index (χ0v) is 17.2. The predicted octanol–water partition coefficient (Wildman–Crippen LogP) is 4.80.